The highest BCUT2D eigenvalue weighted by molar-refractivity contribution is 5.92. The molecule has 0 atom stereocenters. The summed E-state index contributed by atoms with van der Waals surface area (Å²) >= 11 is 0. The summed E-state index contributed by atoms with van der Waals surface area (Å²) in [6.45, 7) is 4.51. The number of aromatic nitrogens is 2. The molecule has 3 aromatic rings. The maximum Gasteiger partial charge on any atom is 0.270 e. The van der Waals surface area contributed by atoms with E-state index in [1.54, 1.807) is 12.3 Å². The van der Waals surface area contributed by atoms with Crippen molar-refractivity contribution in [2.24, 2.45) is 0 Å². The van der Waals surface area contributed by atoms with Gasteiger partial charge in [-0.25, -0.2) is 9.97 Å². The zero-order valence-electron chi connectivity index (χ0n) is 14.3. The Bertz CT molecular complexity index is 875. The molecule has 0 aliphatic heterocycles. The number of hydrogen-bond acceptors (Lipinski definition) is 4. The van der Waals surface area contributed by atoms with Crippen LogP contribution in [0, 0.1) is 13.8 Å². The highest BCUT2D eigenvalue weighted by atomic mass is 16.1. The van der Waals surface area contributed by atoms with Crippen LogP contribution in [0.15, 0.2) is 60.8 Å². The first-order chi connectivity index (χ1) is 12.1. The van der Waals surface area contributed by atoms with Crippen molar-refractivity contribution in [1.82, 2.24) is 15.3 Å². The van der Waals surface area contributed by atoms with Gasteiger partial charge in [0.25, 0.3) is 5.91 Å². The molecule has 126 valence electrons. The summed E-state index contributed by atoms with van der Waals surface area (Å²) < 4.78 is 0. The second kappa shape index (κ2) is 7.57. The molecule has 0 spiro atoms. The molecule has 3 rings (SSSR count). The van der Waals surface area contributed by atoms with Gasteiger partial charge in [-0.15, -0.1) is 0 Å². The average Bonchev–Trinajstić information content (AvgIpc) is 2.61. The summed E-state index contributed by atoms with van der Waals surface area (Å²) in [6, 6.07) is 17.5. The minimum Gasteiger partial charge on any atom is -0.347 e. The molecular weight excluding hydrogens is 312 g/mol. The van der Waals surface area contributed by atoms with Gasteiger partial charge < -0.3 is 10.6 Å². The summed E-state index contributed by atoms with van der Waals surface area (Å²) in [5, 5.41) is 6.00. The van der Waals surface area contributed by atoms with E-state index in [-0.39, 0.29) is 5.91 Å². The van der Waals surface area contributed by atoms with Crippen LogP contribution in [0.4, 0.5) is 11.6 Å². The number of amides is 1. The van der Waals surface area contributed by atoms with Gasteiger partial charge in [0, 0.05) is 18.4 Å². The monoisotopic (exact) mass is 332 g/mol. The van der Waals surface area contributed by atoms with E-state index in [4.69, 9.17) is 0 Å². The second-order valence-corrected chi connectivity index (χ2v) is 5.93. The van der Waals surface area contributed by atoms with Gasteiger partial charge in [0.1, 0.15) is 5.69 Å². The molecular formula is C20H20N4O. The maximum absolute atomic E-state index is 12.3. The van der Waals surface area contributed by atoms with Crippen molar-refractivity contribution in [1.29, 1.82) is 0 Å². The Morgan fingerprint density at radius 2 is 1.80 bits per heavy atom. The number of carbonyl (C=O) groups is 1. The van der Waals surface area contributed by atoms with E-state index in [1.807, 2.05) is 62.4 Å². The van der Waals surface area contributed by atoms with E-state index in [2.05, 4.69) is 20.6 Å². The van der Waals surface area contributed by atoms with Crippen LogP contribution in [-0.2, 0) is 6.54 Å². The largest absolute Gasteiger partial charge is 0.347 e. The van der Waals surface area contributed by atoms with Crippen LogP contribution in [0.5, 0.6) is 0 Å². The minimum atomic E-state index is -0.227. The van der Waals surface area contributed by atoms with E-state index < -0.39 is 0 Å². The molecule has 5 heteroatoms. The highest BCUT2D eigenvalue weighted by Gasteiger charge is 2.09. The van der Waals surface area contributed by atoms with Gasteiger partial charge in [0.05, 0.1) is 0 Å². The Balaban J connectivity index is 1.65. The number of aryl methyl sites for hydroxylation is 2. The predicted octanol–water partition coefficient (Wildman–Crippen LogP) is 3.77. The normalized spacial score (nSPS) is 10.3. The summed E-state index contributed by atoms with van der Waals surface area (Å²) in [5.74, 6) is 0.170. The first-order valence-electron chi connectivity index (χ1n) is 8.10. The lowest BCUT2D eigenvalue weighted by Crippen LogP contribution is -2.24. The fourth-order valence-corrected chi connectivity index (χ4v) is 2.38. The van der Waals surface area contributed by atoms with Gasteiger partial charge in [-0.1, -0.05) is 42.0 Å². The molecule has 2 N–H and O–H groups in total. The molecule has 0 saturated carbocycles. The number of hydrogen-bond donors (Lipinski definition) is 2. The zero-order chi connectivity index (χ0) is 17.6. The molecule has 1 heterocycles. The van der Waals surface area contributed by atoms with E-state index in [0.717, 1.165) is 16.8 Å². The SMILES string of the molecule is Cc1ccc(CNC(=O)c2ccnc(Nc3cccc(C)c3)n2)cc1. The molecule has 1 amide bonds. The number of rotatable bonds is 5. The maximum atomic E-state index is 12.3. The van der Waals surface area contributed by atoms with E-state index in [0.29, 0.717) is 18.2 Å². The second-order valence-electron chi connectivity index (χ2n) is 5.93. The van der Waals surface area contributed by atoms with Gasteiger partial charge in [-0.2, -0.15) is 0 Å². The van der Waals surface area contributed by atoms with Crippen LogP contribution in [0.2, 0.25) is 0 Å². The van der Waals surface area contributed by atoms with Crippen molar-refractivity contribution < 1.29 is 4.79 Å². The average molecular weight is 332 g/mol. The molecule has 0 unspecified atom stereocenters. The fraction of sp³-hybridized carbons (Fsp3) is 0.150. The summed E-state index contributed by atoms with van der Waals surface area (Å²) in [7, 11) is 0. The number of carbonyl (C=O) groups excluding carboxylic acids is 1. The molecule has 0 aliphatic rings. The molecule has 0 fully saturated rings. The van der Waals surface area contributed by atoms with E-state index >= 15 is 0 Å². The van der Waals surface area contributed by atoms with E-state index in [1.165, 1.54) is 5.56 Å². The summed E-state index contributed by atoms with van der Waals surface area (Å²) in [5.41, 5.74) is 4.59. The Labute approximate surface area is 147 Å². The Hall–Kier alpha value is -3.21. The van der Waals surface area contributed by atoms with Crippen molar-refractivity contribution in [2.75, 3.05) is 5.32 Å². The van der Waals surface area contributed by atoms with Crippen molar-refractivity contribution in [3.63, 3.8) is 0 Å². The molecule has 5 nitrogen and oxygen atoms in total. The van der Waals surface area contributed by atoms with E-state index in [9.17, 15) is 4.79 Å². The summed E-state index contributed by atoms with van der Waals surface area (Å²) in [4.78, 5) is 20.8. The predicted molar refractivity (Wildman–Crippen MR) is 98.8 cm³/mol. The Kier molecular flexibility index (Phi) is 5.04. The zero-order valence-corrected chi connectivity index (χ0v) is 14.3. The fourth-order valence-electron chi connectivity index (χ4n) is 2.38. The lowest BCUT2D eigenvalue weighted by molar-refractivity contribution is 0.0946. The number of nitrogens with zero attached hydrogens (tertiary/aromatic N) is 2. The van der Waals surface area contributed by atoms with Gasteiger partial charge >= 0.3 is 0 Å². The quantitative estimate of drug-likeness (QED) is 0.746. The Morgan fingerprint density at radius 3 is 2.56 bits per heavy atom. The molecule has 0 radical (unpaired) electrons. The van der Waals surface area contributed by atoms with Crippen LogP contribution in [0.3, 0.4) is 0 Å². The molecule has 1 aromatic heterocycles. The van der Waals surface area contributed by atoms with Gasteiger partial charge in [-0.3, -0.25) is 4.79 Å². The molecule has 0 saturated heterocycles. The molecule has 0 bridgehead atoms. The van der Waals surface area contributed by atoms with Crippen LogP contribution < -0.4 is 10.6 Å². The standard InChI is InChI=1S/C20H20N4O/c1-14-6-8-16(9-7-14)13-22-19(25)18-10-11-21-20(24-18)23-17-5-3-4-15(2)12-17/h3-12H,13H2,1-2H3,(H,22,25)(H,21,23,24). The third kappa shape index (κ3) is 4.64. The molecule has 2 aromatic carbocycles. The third-order valence-corrected chi connectivity index (χ3v) is 3.74. The number of nitrogens with one attached hydrogen (secondary N) is 2. The lowest BCUT2D eigenvalue weighted by Gasteiger charge is -2.08. The first kappa shape index (κ1) is 16.6. The van der Waals surface area contributed by atoms with Gasteiger partial charge in [0.15, 0.2) is 0 Å². The minimum absolute atomic E-state index is 0.227. The Morgan fingerprint density at radius 1 is 1.00 bits per heavy atom. The topological polar surface area (TPSA) is 66.9 Å². The van der Waals surface area contributed by atoms with Crippen LogP contribution in [-0.4, -0.2) is 15.9 Å². The molecule has 0 aliphatic carbocycles. The molecule has 25 heavy (non-hydrogen) atoms. The highest BCUT2D eigenvalue weighted by Crippen LogP contribution is 2.14. The van der Waals surface area contributed by atoms with Crippen molar-refractivity contribution >= 4 is 17.5 Å². The van der Waals surface area contributed by atoms with Crippen molar-refractivity contribution in [3.8, 4) is 0 Å². The van der Waals surface area contributed by atoms with Crippen LogP contribution in [0.25, 0.3) is 0 Å². The number of anilines is 2. The smallest absolute Gasteiger partial charge is 0.270 e. The van der Waals surface area contributed by atoms with Crippen molar-refractivity contribution in [3.05, 3.63) is 83.2 Å². The van der Waals surface area contributed by atoms with Crippen LogP contribution >= 0.6 is 0 Å². The van der Waals surface area contributed by atoms with Crippen molar-refractivity contribution in [2.45, 2.75) is 20.4 Å². The lowest BCUT2D eigenvalue weighted by atomic mass is 10.1. The summed E-state index contributed by atoms with van der Waals surface area (Å²) in [6.07, 6.45) is 1.58. The first-order valence-corrected chi connectivity index (χ1v) is 8.10. The van der Waals surface area contributed by atoms with Gasteiger partial charge in [-0.05, 0) is 43.2 Å². The van der Waals surface area contributed by atoms with Gasteiger partial charge in [0.2, 0.25) is 5.95 Å². The third-order valence-electron chi connectivity index (χ3n) is 3.74. The van der Waals surface area contributed by atoms with Crippen LogP contribution in [0.1, 0.15) is 27.2 Å². The number of benzene rings is 2.